The summed E-state index contributed by atoms with van der Waals surface area (Å²) in [7, 11) is -3.56. The first-order chi connectivity index (χ1) is 5.48. The van der Waals surface area contributed by atoms with Crippen molar-refractivity contribution in [2.24, 2.45) is 11.7 Å². The van der Waals surface area contributed by atoms with Gasteiger partial charge in [0.05, 0.1) is 6.61 Å². The Balaban J connectivity index is 2.64. The smallest absolute Gasteiger partial charge is 0.323 e. The second kappa shape index (κ2) is 3.11. The molecule has 0 aromatic rings. The van der Waals surface area contributed by atoms with Gasteiger partial charge in [0.2, 0.25) is 0 Å². The highest BCUT2D eigenvalue weighted by molar-refractivity contribution is 7.55. The maximum Gasteiger partial charge on any atom is 0.348 e. The Bertz CT molecular complexity index is 221. The molecule has 72 valence electrons. The van der Waals surface area contributed by atoms with E-state index < -0.39 is 12.9 Å². The highest BCUT2D eigenvalue weighted by Gasteiger charge is 2.63. The van der Waals surface area contributed by atoms with E-state index in [2.05, 4.69) is 0 Å². The number of rotatable bonds is 4. The summed E-state index contributed by atoms with van der Waals surface area (Å²) in [6, 6.07) is 0. The highest BCUT2D eigenvalue weighted by Crippen LogP contribution is 2.68. The lowest BCUT2D eigenvalue weighted by molar-refractivity contribution is 0.259. The van der Waals surface area contributed by atoms with E-state index in [0.29, 0.717) is 6.42 Å². The van der Waals surface area contributed by atoms with Crippen LogP contribution >= 0.6 is 7.60 Å². The van der Waals surface area contributed by atoms with Gasteiger partial charge < -0.3 is 15.2 Å². The van der Waals surface area contributed by atoms with Crippen LogP contribution in [0.2, 0.25) is 0 Å². The maximum absolute atomic E-state index is 11.5. The van der Waals surface area contributed by atoms with Gasteiger partial charge in [-0.1, -0.05) is 13.3 Å². The molecule has 0 bridgehead atoms. The summed E-state index contributed by atoms with van der Waals surface area (Å²) >= 11 is 0. The van der Waals surface area contributed by atoms with Crippen molar-refractivity contribution in [3.63, 3.8) is 0 Å². The Kier molecular flexibility index (Phi) is 2.64. The van der Waals surface area contributed by atoms with Crippen LogP contribution in [0.3, 0.4) is 0 Å². The van der Waals surface area contributed by atoms with E-state index in [0.717, 1.165) is 6.42 Å². The summed E-state index contributed by atoms with van der Waals surface area (Å²) < 4.78 is 16.2. The molecule has 3 atom stereocenters. The van der Waals surface area contributed by atoms with Crippen molar-refractivity contribution in [1.82, 2.24) is 0 Å². The Labute approximate surface area is 72.6 Å². The van der Waals surface area contributed by atoms with E-state index in [1.807, 2.05) is 6.92 Å². The van der Waals surface area contributed by atoms with Gasteiger partial charge in [0.25, 0.3) is 0 Å². The zero-order valence-electron chi connectivity index (χ0n) is 7.49. The van der Waals surface area contributed by atoms with Gasteiger partial charge in [-0.15, -0.1) is 0 Å². The van der Waals surface area contributed by atoms with Crippen molar-refractivity contribution in [2.75, 3.05) is 6.61 Å². The lowest BCUT2D eigenvalue weighted by Gasteiger charge is -2.18. The summed E-state index contributed by atoms with van der Waals surface area (Å²) in [4.78, 5) is 9.42. The predicted molar refractivity (Wildman–Crippen MR) is 46.8 cm³/mol. The molecule has 3 N–H and O–H groups in total. The molecular weight excluding hydrogens is 177 g/mol. The van der Waals surface area contributed by atoms with E-state index in [1.54, 1.807) is 6.92 Å². The van der Waals surface area contributed by atoms with Crippen LogP contribution in [0.25, 0.3) is 0 Å². The van der Waals surface area contributed by atoms with Crippen LogP contribution in [0.4, 0.5) is 0 Å². The molecule has 1 aliphatic rings. The van der Waals surface area contributed by atoms with E-state index in [1.165, 1.54) is 0 Å². The van der Waals surface area contributed by atoms with E-state index in [4.69, 9.17) is 10.3 Å². The average molecular weight is 193 g/mol. The van der Waals surface area contributed by atoms with Crippen molar-refractivity contribution in [3.8, 4) is 0 Å². The molecule has 0 saturated heterocycles. The SMILES string of the molecule is CCOP(=O)(O)[C@@]1(N)C[C@@H]1CC. The fourth-order valence-corrected chi connectivity index (χ4v) is 3.16. The zero-order chi connectivity index (χ0) is 9.41. The molecular formula is C7H16NO3P. The molecule has 4 nitrogen and oxygen atoms in total. The summed E-state index contributed by atoms with van der Waals surface area (Å²) in [5, 5.41) is -0.947. The van der Waals surface area contributed by atoms with Crippen molar-refractivity contribution in [1.29, 1.82) is 0 Å². The quantitative estimate of drug-likeness (QED) is 0.660. The van der Waals surface area contributed by atoms with Gasteiger partial charge in [0, 0.05) is 0 Å². The van der Waals surface area contributed by atoms with Gasteiger partial charge in [0.1, 0.15) is 5.28 Å². The topological polar surface area (TPSA) is 72.5 Å². The molecule has 0 radical (unpaired) electrons. The normalized spacial score (nSPS) is 39.2. The third kappa shape index (κ3) is 1.44. The van der Waals surface area contributed by atoms with E-state index >= 15 is 0 Å². The molecule has 0 amide bonds. The monoisotopic (exact) mass is 193 g/mol. The first-order valence-electron chi connectivity index (χ1n) is 4.24. The van der Waals surface area contributed by atoms with Crippen LogP contribution in [0.5, 0.6) is 0 Å². The lowest BCUT2D eigenvalue weighted by atomic mass is 10.3. The zero-order valence-corrected chi connectivity index (χ0v) is 8.38. The molecule has 1 aliphatic carbocycles. The van der Waals surface area contributed by atoms with Crippen molar-refractivity contribution < 1.29 is 14.0 Å². The van der Waals surface area contributed by atoms with Gasteiger partial charge in [-0.3, -0.25) is 4.57 Å². The van der Waals surface area contributed by atoms with Crippen LogP contribution in [0, 0.1) is 5.92 Å². The standard InChI is InChI=1S/C7H16NO3P/c1-3-6-5-7(6,8)12(9,10)11-4-2/h6H,3-5,8H2,1-2H3,(H,9,10)/t6-,7-/m0/s1. The van der Waals surface area contributed by atoms with Crippen LogP contribution < -0.4 is 5.73 Å². The van der Waals surface area contributed by atoms with Gasteiger partial charge in [0.15, 0.2) is 0 Å². The Morgan fingerprint density at radius 1 is 1.75 bits per heavy atom. The van der Waals surface area contributed by atoms with Gasteiger partial charge in [-0.25, -0.2) is 0 Å². The molecule has 0 aromatic heterocycles. The predicted octanol–water partition coefficient (Wildman–Crippen LogP) is 1.29. The van der Waals surface area contributed by atoms with Gasteiger partial charge >= 0.3 is 7.60 Å². The van der Waals surface area contributed by atoms with Gasteiger partial charge in [-0.05, 0) is 19.3 Å². The van der Waals surface area contributed by atoms with Crippen LogP contribution in [-0.2, 0) is 9.09 Å². The second-order valence-corrected chi connectivity index (χ2v) is 5.37. The molecule has 0 aromatic carbocycles. The lowest BCUT2D eigenvalue weighted by Crippen LogP contribution is -2.26. The third-order valence-corrected chi connectivity index (χ3v) is 4.65. The van der Waals surface area contributed by atoms with Crippen LogP contribution in [-0.4, -0.2) is 16.8 Å². The molecule has 12 heavy (non-hydrogen) atoms. The minimum absolute atomic E-state index is 0.153. The highest BCUT2D eigenvalue weighted by atomic mass is 31.2. The first-order valence-corrected chi connectivity index (χ1v) is 5.82. The molecule has 5 heteroatoms. The van der Waals surface area contributed by atoms with Crippen LogP contribution in [0.15, 0.2) is 0 Å². The molecule has 1 unspecified atom stereocenters. The first kappa shape index (κ1) is 10.2. The second-order valence-electron chi connectivity index (χ2n) is 3.24. The number of hydrogen-bond donors (Lipinski definition) is 2. The molecule has 0 spiro atoms. The van der Waals surface area contributed by atoms with Gasteiger partial charge in [-0.2, -0.15) is 0 Å². The minimum atomic E-state index is -3.56. The largest absolute Gasteiger partial charge is 0.348 e. The Hall–Kier alpha value is 0.110. The number of nitrogens with two attached hydrogens (primary N) is 1. The molecule has 1 fully saturated rings. The Morgan fingerprint density at radius 2 is 2.33 bits per heavy atom. The summed E-state index contributed by atoms with van der Waals surface area (Å²) in [5.41, 5.74) is 5.73. The minimum Gasteiger partial charge on any atom is -0.323 e. The van der Waals surface area contributed by atoms with Crippen molar-refractivity contribution >= 4 is 7.60 Å². The summed E-state index contributed by atoms with van der Waals surface area (Å²) in [5.74, 6) is 0.153. The fourth-order valence-electron chi connectivity index (χ4n) is 1.47. The number of hydrogen-bond acceptors (Lipinski definition) is 3. The Morgan fingerprint density at radius 3 is 2.67 bits per heavy atom. The summed E-state index contributed by atoms with van der Waals surface area (Å²) in [6.07, 6.45) is 1.45. The molecule has 0 heterocycles. The van der Waals surface area contributed by atoms with E-state index in [9.17, 15) is 9.46 Å². The van der Waals surface area contributed by atoms with Crippen molar-refractivity contribution in [3.05, 3.63) is 0 Å². The molecule has 1 saturated carbocycles. The third-order valence-electron chi connectivity index (χ3n) is 2.44. The fraction of sp³-hybridized carbons (Fsp3) is 1.00. The maximum atomic E-state index is 11.5. The molecule has 1 rings (SSSR count). The summed E-state index contributed by atoms with van der Waals surface area (Å²) in [6.45, 7) is 3.89. The average Bonchev–Trinajstić information content (AvgIpc) is 2.63. The van der Waals surface area contributed by atoms with E-state index in [-0.39, 0.29) is 12.5 Å². The van der Waals surface area contributed by atoms with Crippen molar-refractivity contribution in [2.45, 2.75) is 32.0 Å². The molecule has 0 aliphatic heterocycles. The van der Waals surface area contributed by atoms with Crippen LogP contribution in [0.1, 0.15) is 26.7 Å².